The second kappa shape index (κ2) is 8.19. The number of hydrogen-bond donors (Lipinski definition) is 2. The second-order valence-electron chi connectivity index (χ2n) is 10.6. The van der Waals surface area contributed by atoms with E-state index in [1.54, 1.807) is 23.3 Å². The lowest BCUT2D eigenvalue weighted by molar-refractivity contribution is -0.150. The molecule has 1 aliphatic carbocycles. The van der Waals surface area contributed by atoms with Gasteiger partial charge < -0.3 is 15.1 Å². The fraction of sp³-hybridized carbons (Fsp3) is 0.462. The molecule has 9 heteroatoms. The highest BCUT2D eigenvalue weighted by atomic mass is 32.1. The third-order valence-corrected chi connectivity index (χ3v) is 8.94. The van der Waals surface area contributed by atoms with Crippen molar-refractivity contribution in [2.24, 2.45) is 5.41 Å². The highest BCUT2D eigenvalue weighted by molar-refractivity contribution is 7.10. The first-order chi connectivity index (χ1) is 16.5. The van der Waals surface area contributed by atoms with E-state index in [1.165, 1.54) is 4.90 Å². The molecule has 5 rings (SSSR count). The normalized spacial score (nSPS) is 25.3. The third kappa shape index (κ3) is 3.82. The molecule has 2 saturated heterocycles. The topological polar surface area (TPSA) is 98.8 Å². The van der Waals surface area contributed by atoms with E-state index in [4.69, 9.17) is 0 Å². The third-order valence-electron chi connectivity index (χ3n) is 7.82. The summed E-state index contributed by atoms with van der Waals surface area (Å²) in [4.78, 5) is 55.3. The summed E-state index contributed by atoms with van der Waals surface area (Å²) in [6.45, 7) is 5.90. The lowest BCUT2D eigenvalue weighted by Crippen LogP contribution is -2.50. The largest absolute Gasteiger partial charge is 0.325 e. The van der Waals surface area contributed by atoms with Crippen molar-refractivity contribution < 1.29 is 19.2 Å². The van der Waals surface area contributed by atoms with Crippen molar-refractivity contribution in [1.29, 1.82) is 0 Å². The maximum absolute atomic E-state index is 13.3. The molecule has 8 nitrogen and oxygen atoms in total. The van der Waals surface area contributed by atoms with E-state index in [9.17, 15) is 19.2 Å². The number of piperidine rings is 1. The molecule has 0 unspecified atom stereocenters. The number of amides is 5. The highest BCUT2D eigenvalue weighted by Crippen LogP contribution is 2.43. The number of urea groups is 1. The summed E-state index contributed by atoms with van der Waals surface area (Å²) in [5.41, 5.74) is 2.27. The van der Waals surface area contributed by atoms with Crippen LogP contribution in [0.3, 0.4) is 0 Å². The number of benzene rings is 1. The molecule has 2 atom stereocenters. The Morgan fingerprint density at radius 3 is 2.57 bits per heavy atom. The average Bonchev–Trinajstić information content (AvgIpc) is 3.45. The van der Waals surface area contributed by atoms with Crippen LogP contribution in [0.25, 0.3) is 0 Å². The Morgan fingerprint density at radius 2 is 1.91 bits per heavy atom. The number of thiophene rings is 1. The number of nitrogens with one attached hydrogen (secondary N) is 2. The van der Waals surface area contributed by atoms with Crippen molar-refractivity contribution in [3.05, 3.63) is 51.2 Å². The molecule has 5 amide bonds. The van der Waals surface area contributed by atoms with E-state index >= 15 is 0 Å². The molecule has 0 bridgehead atoms. The number of carbonyl (C=O) groups excluding carboxylic acids is 4. The molecule has 0 saturated carbocycles. The molecule has 3 heterocycles. The molecule has 0 radical (unpaired) electrons. The zero-order valence-electron chi connectivity index (χ0n) is 20.4. The Morgan fingerprint density at radius 1 is 1.17 bits per heavy atom. The Hall–Kier alpha value is -3.20. The second-order valence-corrected chi connectivity index (χ2v) is 11.5. The molecule has 2 aliphatic heterocycles. The zero-order chi connectivity index (χ0) is 25.1. The van der Waals surface area contributed by atoms with Gasteiger partial charge in [-0.25, -0.2) is 4.79 Å². The van der Waals surface area contributed by atoms with Gasteiger partial charge in [0.05, 0.1) is 6.04 Å². The monoisotopic (exact) mass is 494 g/mol. The maximum atomic E-state index is 13.3. The molecular formula is C26H30N4O4S. The SMILES string of the molecule is Cc1ccsc1[C@@H]1CCC(C)(C)C(=O)N1CC(=O)Nc1ccc2c(c1)C[C@@]1(C2)C(=O)NC(=O)N1C. The van der Waals surface area contributed by atoms with Crippen LogP contribution >= 0.6 is 11.3 Å². The Bertz CT molecular complexity index is 1250. The van der Waals surface area contributed by atoms with Crippen LogP contribution in [-0.4, -0.2) is 52.7 Å². The molecule has 184 valence electrons. The average molecular weight is 495 g/mol. The van der Waals surface area contributed by atoms with Crippen LogP contribution in [0.4, 0.5) is 10.5 Å². The van der Waals surface area contributed by atoms with Crippen LogP contribution in [0.15, 0.2) is 29.6 Å². The molecule has 1 spiro atoms. The van der Waals surface area contributed by atoms with Crippen LogP contribution in [-0.2, 0) is 27.2 Å². The fourth-order valence-electron chi connectivity index (χ4n) is 5.60. The summed E-state index contributed by atoms with van der Waals surface area (Å²) >= 11 is 1.63. The smallest absolute Gasteiger partial charge is 0.324 e. The summed E-state index contributed by atoms with van der Waals surface area (Å²) in [6, 6.07) is 7.14. The van der Waals surface area contributed by atoms with Crippen LogP contribution in [0.5, 0.6) is 0 Å². The zero-order valence-corrected chi connectivity index (χ0v) is 21.3. The van der Waals surface area contributed by atoms with Crippen molar-refractivity contribution in [3.63, 3.8) is 0 Å². The first kappa shape index (κ1) is 23.5. The molecule has 35 heavy (non-hydrogen) atoms. The molecular weight excluding hydrogens is 464 g/mol. The van der Waals surface area contributed by atoms with Crippen LogP contribution in [0, 0.1) is 12.3 Å². The number of rotatable bonds is 4. The minimum absolute atomic E-state index is 0.00690. The molecule has 1 aromatic carbocycles. The number of likely N-dealkylation sites (tertiary alicyclic amines) is 1. The first-order valence-electron chi connectivity index (χ1n) is 11.9. The van der Waals surface area contributed by atoms with Crippen molar-refractivity contribution in [3.8, 4) is 0 Å². The fourth-order valence-corrected chi connectivity index (χ4v) is 6.68. The van der Waals surface area contributed by atoms with E-state index in [-0.39, 0.29) is 36.3 Å². The van der Waals surface area contributed by atoms with Gasteiger partial charge in [-0.05, 0) is 60.0 Å². The maximum Gasteiger partial charge on any atom is 0.324 e. The summed E-state index contributed by atoms with van der Waals surface area (Å²) in [6.07, 6.45) is 2.45. The van der Waals surface area contributed by atoms with E-state index in [2.05, 4.69) is 16.7 Å². The number of nitrogens with zero attached hydrogens (tertiary/aromatic N) is 2. The molecule has 1 aromatic heterocycles. The predicted octanol–water partition coefficient (Wildman–Crippen LogP) is 3.40. The lowest BCUT2D eigenvalue weighted by Gasteiger charge is -2.42. The van der Waals surface area contributed by atoms with Gasteiger partial charge in [-0.2, -0.15) is 0 Å². The quantitative estimate of drug-likeness (QED) is 0.637. The van der Waals surface area contributed by atoms with Gasteiger partial charge in [0.25, 0.3) is 5.91 Å². The van der Waals surface area contributed by atoms with Crippen molar-refractivity contribution in [2.75, 3.05) is 18.9 Å². The Kier molecular flexibility index (Phi) is 5.51. The molecule has 3 aliphatic rings. The van der Waals surface area contributed by atoms with Crippen LogP contribution < -0.4 is 10.6 Å². The number of anilines is 1. The number of fused-ring (bicyclic) bond motifs is 1. The van der Waals surface area contributed by atoms with E-state index in [0.717, 1.165) is 34.4 Å². The van der Waals surface area contributed by atoms with E-state index in [1.807, 2.05) is 44.4 Å². The highest BCUT2D eigenvalue weighted by Gasteiger charge is 2.54. The van der Waals surface area contributed by atoms with Crippen molar-refractivity contribution in [1.82, 2.24) is 15.1 Å². The summed E-state index contributed by atoms with van der Waals surface area (Å²) in [7, 11) is 1.64. The van der Waals surface area contributed by atoms with E-state index in [0.29, 0.717) is 18.5 Å². The van der Waals surface area contributed by atoms with Gasteiger partial charge in [0.1, 0.15) is 12.1 Å². The van der Waals surface area contributed by atoms with Gasteiger partial charge >= 0.3 is 6.03 Å². The van der Waals surface area contributed by atoms with Crippen molar-refractivity contribution >= 4 is 40.8 Å². The molecule has 2 aromatic rings. The van der Waals surface area contributed by atoms with E-state index < -0.39 is 11.0 Å². The van der Waals surface area contributed by atoms with Crippen molar-refractivity contribution in [2.45, 2.75) is 58.0 Å². The van der Waals surface area contributed by atoms with Gasteiger partial charge in [-0.3, -0.25) is 19.7 Å². The van der Waals surface area contributed by atoms with Crippen LogP contribution in [0.1, 0.15) is 54.3 Å². The minimum Gasteiger partial charge on any atom is -0.325 e. The number of aryl methyl sites for hydroxylation is 1. The first-order valence-corrected chi connectivity index (χ1v) is 12.8. The Balaban J connectivity index is 1.33. The number of imide groups is 1. The van der Waals surface area contributed by atoms with Gasteiger partial charge in [0.15, 0.2) is 0 Å². The van der Waals surface area contributed by atoms with Gasteiger partial charge in [0, 0.05) is 35.9 Å². The summed E-state index contributed by atoms with van der Waals surface area (Å²) < 4.78 is 0. The van der Waals surface area contributed by atoms with Gasteiger partial charge in [-0.15, -0.1) is 11.3 Å². The number of likely N-dealkylation sites (N-methyl/N-ethyl adjacent to an activating group) is 1. The number of hydrogen-bond acceptors (Lipinski definition) is 5. The predicted molar refractivity (Wildman–Crippen MR) is 133 cm³/mol. The van der Waals surface area contributed by atoms with Gasteiger partial charge in [0.2, 0.25) is 11.8 Å². The minimum atomic E-state index is -0.903. The lowest BCUT2D eigenvalue weighted by atomic mass is 9.79. The molecule has 2 N–H and O–H groups in total. The standard InChI is InChI=1S/C26H30N4O4S/c1-15-8-10-35-21(15)19-7-9-25(2,3)23(33)30(19)14-20(31)27-18-6-5-16-12-26(13-17(16)11-18)22(32)28-24(34)29(26)4/h5-6,8,10-11,19H,7,9,12-14H2,1-4H3,(H,27,31)(H,28,32,34)/t19-,26-/m0/s1. The van der Waals surface area contributed by atoms with Gasteiger partial charge in [-0.1, -0.05) is 19.9 Å². The van der Waals surface area contributed by atoms with Crippen LogP contribution in [0.2, 0.25) is 0 Å². The Labute approximate surface area is 208 Å². The molecule has 2 fully saturated rings. The number of carbonyl (C=O) groups is 4. The summed E-state index contributed by atoms with van der Waals surface area (Å²) in [5.74, 6) is -0.547. The summed E-state index contributed by atoms with van der Waals surface area (Å²) in [5, 5.41) is 7.37.